The van der Waals surface area contributed by atoms with Crippen molar-refractivity contribution >= 4 is 35.1 Å². The number of aromatic carboxylic acids is 2. The zero-order chi connectivity index (χ0) is 40.3. The van der Waals surface area contributed by atoms with Gasteiger partial charge in [0.2, 0.25) is 11.8 Å². The lowest BCUT2D eigenvalue weighted by Gasteiger charge is -2.19. The summed E-state index contributed by atoms with van der Waals surface area (Å²) in [7, 11) is 0. The molecule has 2 saturated carbocycles. The molecule has 4 atom stereocenters. The van der Waals surface area contributed by atoms with Crippen LogP contribution in [0.1, 0.15) is 89.9 Å². The number of rotatable bonds is 8. The van der Waals surface area contributed by atoms with Crippen LogP contribution in [0.3, 0.4) is 0 Å². The van der Waals surface area contributed by atoms with Crippen LogP contribution in [0.5, 0.6) is 0 Å². The highest BCUT2D eigenvalue weighted by atomic mass is 16.4. The van der Waals surface area contributed by atoms with Crippen LogP contribution in [0.15, 0.2) is 146 Å². The van der Waals surface area contributed by atoms with Crippen LogP contribution in [0, 0.1) is 13.8 Å². The lowest BCUT2D eigenvalue weighted by molar-refractivity contribution is -0.121. The molecule has 2 heterocycles. The number of benzene rings is 6. The standard InChI is InChI=1S/2C25H21NO3/c2*1-16-9-11-18(12-10-16)21-14-25(21)20-7-2-3-8-22(20)26(24(25)29)15-17-5-4-6-19(13-17)23(27)28/h2*2-13,21H,14-15H2,1H3,(H,27,28)/t2*21-,25-/m10/s1. The molecule has 8 nitrogen and oxygen atoms in total. The summed E-state index contributed by atoms with van der Waals surface area (Å²) < 4.78 is 0. The number of para-hydroxylation sites is 2. The van der Waals surface area contributed by atoms with E-state index < -0.39 is 22.8 Å². The Morgan fingerprint density at radius 2 is 0.914 bits per heavy atom. The molecule has 10 rings (SSSR count). The third kappa shape index (κ3) is 6.07. The van der Waals surface area contributed by atoms with Gasteiger partial charge in [-0.15, -0.1) is 0 Å². The molecule has 2 spiro atoms. The molecule has 4 aliphatic rings. The van der Waals surface area contributed by atoms with E-state index in [-0.39, 0.29) is 34.8 Å². The van der Waals surface area contributed by atoms with E-state index in [4.69, 9.17) is 0 Å². The van der Waals surface area contributed by atoms with Gasteiger partial charge in [-0.3, -0.25) is 9.59 Å². The highest BCUT2D eigenvalue weighted by molar-refractivity contribution is 6.12. The summed E-state index contributed by atoms with van der Waals surface area (Å²) in [6.07, 6.45) is 1.63. The van der Waals surface area contributed by atoms with Crippen LogP contribution in [0.25, 0.3) is 0 Å². The van der Waals surface area contributed by atoms with Gasteiger partial charge in [0.25, 0.3) is 0 Å². The summed E-state index contributed by atoms with van der Waals surface area (Å²) in [4.78, 5) is 53.5. The quantitative estimate of drug-likeness (QED) is 0.160. The smallest absolute Gasteiger partial charge is 0.335 e. The first-order valence-corrected chi connectivity index (χ1v) is 19.6. The van der Waals surface area contributed by atoms with E-state index in [1.54, 1.807) is 36.4 Å². The first-order chi connectivity index (χ1) is 28.0. The zero-order valence-corrected chi connectivity index (χ0v) is 32.3. The van der Waals surface area contributed by atoms with Crippen LogP contribution >= 0.6 is 0 Å². The fourth-order valence-electron chi connectivity index (χ4n) is 9.38. The average molecular weight is 767 g/mol. The highest BCUT2D eigenvalue weighted by Gasteiger charge is 2.68. The van der Waals surface area contributed by atoms with E-state index in [0.29, 0.717) is 13.1 Å². The second kappa shape index (κ2) is 14.0. The van der Waals surface area contributed by atoms with E-state index in [2.05, 4.69) is 74.5 Å². The van der Waals surface area contributed by atoms with Crippen molar-refractivity contribution in [1.29, 1.82) is 0 Å². The van der Waals surface area contributed by atoms with Gasteiger partial charge in [0, 0.05) is 23.2 Å². The zero-order valence-electron chi connectivity index (χ0n) is 32.3. The molecule has 0 radical (unpaired) electrons. The van der Waals surface area contributed by atoms with Crippen molar-refractivity contribution in [2.24, 2.45) is 0 Å². The Morgan fingerprint density at radius 3 is 1.29 bits per heavy atom. The molecule has 288 valence electrons. The Bertz CT molecular complexity index is 2450. The molecule has 58 heavy (non-hydrogen) atoms. The molecule has 2 fully saturated rings. The molecule has 2 aliphatic carbocycles. The SMILES string of the molecule is Cc1ccc([C@@H]2C[C@@]23C(=O)N(Cc2cccc(C(=O)O)c2)c2ccccc23)cc1.Cc1ccc([C@H]2C[C@]23C(=O)N(Cc2cccc(C(=O)O)c2)c2ccccc23)cc1. The molecule has 6 aromatic rings. The second-order valence-electron chi connectivity index (χ2n) is 16.1. The minimum atomic E-state index is -0.960. The summed E-state index contributed by atoms with van der Waals surface area (Å²) >= 11 is 0. The number of aryl methyl sites for hydroxylation is 2. The van der Waals surface area contributed by atoms with Gasteiger partial charge in [0.05, 0.1) is 35.0 Å². The average Bonchev–Trinajstić information content (AvgIpc) is 4.14. The van der Waals surface area contributed by atoms with E-state index in [1.807, 2.05) is 58.3 Å². The van der Waals surface area contributed by atoms with Crippen LogP contribution in [0.4, 0.5) is 11.4 Å². The van der Waals surface area contributed by atoms with Gasteiger partial charge in [-0.2, -0.15) is 0 Å². The molecule has 8 heteroatoms. The van der Waals surface area contributed by atoms with Crippen molar-refractivity contribution in [3.05, 3.63) is 201 Å². The molecule has 2 aliphatic heterocycles. The summed E-state index contributed by atoms with van der Waals surface area (Å²) in [5.41, 5.74) is 10.0. The first-order valence-electron chi connectivity index (χ1n) is 19.6. The predicted molar refractivity (Wildman–Crippen MR) is 222 cm³/mol. The van der Waals surface area contributed by atoms with Gasteiger partial charge in [-0.25, -0.2) is 9.59 Å². The summed E-state index contributed by atoms with van der Waals surface area (Å²) in [5, 5.41) is 18.5. The van der Waals surface area contributed by atoms with Gasteiger partial charge in [-0.05, 0) is 96.5 Å². The van der Waals surface area contributed by atoms with E-state index in [9.17, 15) is 29.4 Å². The molecule has 0 saturated heterocycles. The molecular weight excluding hydrogens is 725 g/mol. The normalized spacial score (nSPS) is 22.0. The van der Waals surface area contributed by atoms with Crippen LogP contribution in [-0.2, 0) is 33.5 Å². The number of anilines is 2. The molecule has 0 aromatic heterocycles. The molecule has 0 bridgehead atoms. The second-order valence-corrected chi connectivity index (χ2v) is 16.1. The Morgan fingerprint density at radius 1 is 0.534 bits per heavy atom. The minimum Gasteiger partial charge on any atom is -0.478 e. The Labute approximate surface area is 337 Å². The monoisotopic (exact) mass is 766 g/mol. The van der Waals surface area contributed by atoms with Crippen molar-refractivity contribution in [1.82, 2.24) is 0 Å². The van der Waals surface area contributed by atoms with E-state index in [1.165, 1.54) is 22.3 Å². The number of carbonyl (C=O) groups excluding carboxylic acids is 2. The summed E-state index contributed by atoms with van der Waals surface area (Å²) in [5.74, 6) is -1.31. The fraction of sp³-hybridized carbons (Fsp3) is 0.200. The number of amides is 2. The van der Waals surface area contributed by atoms with Crippen molar-refractivity contribution in [2.45, 2.75) is 62.4 Å². The Kier molecular flexibility index (Phi) is 8.88. The lowest BCUT2D eigenvalue weighted by atomic mass is 9.92. The number of hydrogen-bond acceptors (Lipinski definition) is 4. The van der Waals surface area contributed by atoms with Gasteiger partial charge in [0.15, 0.2) is 0 Å². The van der Waals surface area contributed by atoms with Gasteiger partial charge >= 0.3 is 11.9 Å². The number of carboxylic acid groups (broad SMARTS) is 2. The number of hydrogen-bond donors (Lipinski definition) is 2. The highest BCUT2D eigenvalue weighted by Crippen LogP contribution is 2.67. The van der Waals surface area contributed by atoms with Gasteiger partial charge in [-0.1, -0.05) is 120 Å². The van der Waals surface area contributed by atoms with Gasteiger partial charge < -0.3 is 20.0 Å². The topological polar surface area (TPSA) is 115 Å². The molecule has 6 aromatic carbocycles. The Hall–Kier alpha value is -6.80. The van der Waals surface area contributed by atoms with Crippen LogP contribution in [0.2, 0.25) is 0 Å². The molecular formula is C50H42N2O6. The number of nitrogens with zero attached hydrogens (tertiary/aromatic N) is 2. The van der Waals surface area contributed by atoms with E-state index in [0.717, 1.165) is 46.5 Å². The van der Waals surface area contributed by atoms with Crippen molar-refractivity contribution < 1.29 is 29.4 Å². The maximum atomic E-state index is 13.6. The van der Waals surface area contributed by atoms with Gasteiger partial charge in [0.1, 0.15) is 0 Å². The fourth-order valence-corrected chi connectivity index (χ4v) is 9.38. The summed E-state index contributed by atoms with van der Waals surface area (Å²) in [6.45, 7) is 4.88. The summed E-state index contributed by atoms with van der Waals surface area (Å²) in [6, 6.07) is 46.6. The maximum absolute atomic E-state index is 13.6. The van der Waals surface area contributed by atoms with Crippen molar-refractivity contribution in [2.75, 3.05) is 9.80 Å². The van der Waals surface area contributed by atoms with E-state index >= 15 is 0 Å². The first kappa shape index (κ1) is 36.8. The molecule has 2 N–H and O–H groups in total. The Balaban J connectivity index is 0.000000150. The largest absolute Gasteiger partial charge is 0.478 e. The van der Waals surface area contributed by atoms with Crippen LogP contribution in [-0.4, -0.2) is 34.0 Å². The van der Waals surface area contributed by atoms with Crippen molar-refractivity contribution in [3.8, 4) is 0 Å². The van der Waals surface area contributed by atoms with Crippen molar-refractivity contribution in [3.63, 3.8) is 0 Å². The molecule has 0 unspecified atom stereocenters. The number of carboxylic acids is 2. The lowest BCUT2D eigenvalue weighted by Crippen LogP contribution is -2.32. The number of fused-ring (bicyclic) bond motifs is 4. The molecule has 2 amide bonds. The van der Waals surface area contributed by atoms with Crippen LogP contribution < -0.4 is 9.80 Å². The maximum Gasteiger partial charge on any atom is 0.335 e. The number of carbonyl (C=O) groups is 4. The third-order valence-corrected chi connectivity index (χ3v) is 12.5. The third-order valence-electron chi connectivity index (χ3n) is 12.5. The minimum absolute atomic E-state index is 0.116. The predicted octanol–water partition coefficient (Wildman–Crippen LogP) is 9.33.